The molecule has 0 spiro atoms. The summed E-state index contributed by atoms with van der Waals surface area (Å²) in [5.74, 6) is -41.7. The Morgan fingerprint density at radius 1 is 1.00 bits per heavy atom. The van der Waals surface area contributed by atoms with E-state index in [0.717, 1.165) is 5.32 Å². The van der Waals surface area contributed by atoms with E-state index in [1.807, 2.05) is 0 Å². The van der Waals surface area contributed by atoms with Crippen molar-refractivity contribution < 1.29 is 67.0 Å². The van der Waals surface area contributed by atoms with Crippen LogP contribution in [-0.2, 0) is 22.4 Å². The van der Waals surface area contributed by atoms with Crippen LogP contribution in [0, 0.1) is 5.92 Å². The van der Waals surface area contributed by atoms with Crippen molar-refractivity contribution in [2.24, 2.45) is 5.92 Å². The average molecular weight is 581 g/mol. The largest absolute Gasteiger partial charge is 0.462 e. The minimum atomic E-state index is -7.84. The SMILES string of the molecule is CCCOC(=O)c1c(NC(=O)C(F)(F)C(F)(F)C(F)(F)C(F)(F)C(F)(F)C(F)F)sc2c1CCC(C)C2. The van der Waals surface area contributed by atoms with Gasteiger partial charge in [0, 0.05) is 4.88 Å². The molecule has 0 bridgehead atoms. The molecule has 37 heavy (non-hydrogen) atoms. The Morgan fingerprint density at radius 3 is 2.08 bits per heavy atom. The number of ether oxygens (including phenoxy) is 1. The van der Waals surface area contributed by atoms with E-state index in [1.165, 1.54) is 0 Å². The number of carbonyl (C=O) groups is 2. The van der Waals surface area contributed by atoms with Gasteiger partial charge in [-0.15, -0.1) is 11.3 Å². The second-order valence-electron chi connectivity index (χ2n) is 8.37. The Kier molecular flexibility index (Phi) is 8.53. The predicted octanol–water partition coefficient (Wildman–Crippen LogP) is 6.82. The van der Waals surface area contributed by atoms with E-state index >= 15 is 0 Å². The molecular weight excluding hydrogens is 562 g/mol. The molecule has 1 atom stereocenters. The molecule has 0 saturated heterocycles. The average Bonchev–Trinajstić information content (AvgIpc) is 3.13. The van der Waals surface area contributed by atoms with E-state index in [9.17, 15) is 62.3 Å². The van der Waals surface area contributed by atoms with Crippen LogP contribution in [0.4, 0.5) is 57.7 Å². The Hall–Kier alpha value is -2.20. The van der Waals surface area contributed by atoms with Gasteiger partial charge in [-0.2, -0.15) is 43.9 Å². The highest BCUT2D eigenvalue weighted by atomic mass is 32.1. The molecule has 1 aliphatic carbocycles. The zero-order valence-corrected chi connectivity index (χ0v) is 19.7. The summed E-state index contributed by atoms with van der Waals surface area (Å²) in [6.45, 7) is 3.15. The van der Waals surface area contributed by atoms with Crippen LogP contribution in [0.5, 0.6) is 0 Å². The second kappa shape index (κ2) is 10.2. The third-order valence-electron chi connectivity index (χ3n) is 5.54. The van der Waals surface area contributed by atoms with Crippen LogP contribution in [-0.4, -0.2) is 54.5 Å². The molecule has 212 valence electrons. The highest BCUT2D eigenvalue weighted by Gasteiger charge is 2.89. The molecule has 0 saturated carbocycles. The van der Waals surface area contributed by atoms with Crippen LogP contribution < -0.4 is 5.32 Å². The van der Waals surface area contributed by atoms with Gasteiger partial charge in [0.05, 0.1) is 12.2 Å². The van der Waals surface area contributed by atoms with Crippen LogP contribution >= 0.6 is 11.3 Å². The number of hydrogen-bond acceptors (Lipinski definition) is 4. The number of alkyl halides is 12. The number of carbonyl (C=O) groups excluding carboxylic acids is 2. The van der Waals surface area contributed by atoms with Gasteiger partial charge < -0.3 is 10.1 Å². The standard InChI is InChI=1S/C20H19F12NO3S/c1-3-6-36-13(34)11-9-5-4-8(2)7-10(9)37-12(11)33-15(35)17(25,26)19(29,30)20(31,32)18(27,28)16(23,24)14(21)22/h8,14H,3-7H2,1-2H3,(H,33,35). The number of esters is 1. The predicted molar refractivity (Wildman–Crippen MR) is 105 cm³/mol. The molecule has 1 unspecified atom stereocenters. The summed E-state index contributed by atoms with van der Waals surface area (Å²) in [4.78, 5) is 24.8. The minimum Gasteiger partial charge on any atom is -0.462 e. The lowest BCUT2D eigenvalue weighted by Crippen LogP contribution is -2.70. The molecule has 1 heterocycles. The number of nitrogens with one attached hydrogen (secondary N) is 1. The Balaban J connectivity index is 2.50. The third kappa shape index (κ3) is 4.99. The molecule has 1 amide bonds. The van der Waals surface area contributed by atoms with Gasteiger partial charge in [-0.25, -0.2) is 13.6 Å². The topological polar surface area (TPSA) is 55.4 Å². The molecule has 0 fully saturated rings. The minimum absolute atomic E-state index is 0.00239. The smallest absolute Gasteiger partial charge is 0.393 e. The Labute approximate surface area is 205 Å². The van der Waals surface area contributed by atoms with Crippen molar-refractivity contribution in [1.82, 2.24) is 0 Å². The van der Waals surface area contributed by atoms with E-state index in [4.69, 9.17) is 4.74 Å². The summed E-state index contributed by atoms with van der Waals surface area (Å²) in [6.07, 6.45) is -4.50. The number of amides is 1. The van der Waals surface area contributed by atoms with Crippen LogP contribution in [0.1, 0.15) is 47.5 Å². The number of thiophene rings is 1. The van der Waals surface area contributed by atoms with Gasteiger partial charge in [-0.1, -0.05) is 13.8 Å². The van der Waals surface area contributed by atoms with Crippen molar-refractivity contribution in [3.8, 4) is 0 Å². The maximum atomic E-state index is 14.3. The quantitative estimate of drug-likeness (QED) is 0.244. The van der Waals surface area contributed by atoms with Crippen molar-refractivity contribution in [3.63, 3.8) is 0 Å². The first-order chi connectivity index (χ1) is 16.7. The lowest BCUT2D eigenvalue weighted by atomic mass is 9.88. The van der Waals surface area contributed by atoms with E-state index in [-0.39, 0.29) is 37.4 Å². The fraction of sp³-hybridized carbons (Fsp3) is 0.700. The molecule has 4 nitrogen and oxygen atoms in total. The molecule has 17 heteroatoms. The molecule has 0 aromatic carbocycles. The van der Waals surface area contributed by atoms with E-state index < -0.39 is 58.5 Å². The molecule has 1 aromatic heterocycles. The van der Waals surface area contributed by atoms with Crippen molar-refractivity contribution >= 4 is 28.2 Å². The summed E-state index contributed by atoms with van der Waals surface area (Å²) in [7, 11) is 0. The monoisotopic (exact) mass is 581 g/mol. The summed E-state index contributed by atoms with van der Waals surface area (Å²) in [5.41, 5.74) is -0.350. The van der Waals surface area contributed by atoms with E-state index in [1.54, 1.807) is 13.8 Å². The van der Waals surface area contributed by atoms with Crippen LogP contribution in [0.3, 0.4) is 0 Å². The van der Waals surface area contributed by atoms with Crippen molar-refractivity contribution in [1.29, 1.82) is 0 Å². The van der Waals surface area contributed by atoms with Crippen molar-refractivity contribution in [2.75, 3.05) is 11.9 Å². The van der Waals surface area contributed by atoms with Gasteiger partial charge in [0.1, 0.15) is 5.00 Å². The molecular formula is C20H19F12NO3S. The molecule has 1 aliphatic rings. The molecule has 0 radical (unpaired) electrons. The van der Waals surface area contributed by atoms with Gasteiger partial charge in [0.15, 0.2) is 0 Å². The molecule has 1 N–H and O–H groups in total. The third-order valence-corrected chi connectivity index (χ3v) is 6.71. The van der Waals surface area contributed by atoms with Crippen molar-refractivity contribution in [3.05, 3.63) is 16.0 Å². The highest BCUT2D eigenvalue weighted by molar-refractivity contribution is 7.17. The number of hydrogen-bond donors (Lipinski definition) is 1. The number of anilines is 1. The zero-order valence-electron chi connectivity index (χ0n) is 18.9. The van der Waals surface area contributed by atoms with Gasteiger partial charge >= 0.3 is 47.9 Å². The normalized spacial score (nSPS) is 17.5. The zero-order chi connectivity index (χ0) is 28.8. The summed E-state index contributed by atoms with van der Waals surface area (Å²) in [5, 5.41) is 0.253. The number of halogens is 12. The second-order valence-corrected chi connectivity index (χ2v) is 9.47. The van der Waals surface area contributed by atoms with Crippen LogP contribution in [0.15, 0.2) is 0 Å². The van der Waals surface area contributed by atoms with Crippen LogP contribution in [0.2, 0.25) is 0 Å². The van der Waals surface area contributed by atoms with Gasteiger partial charge in [0.25, 0.3) is 0 Å². The number of fused-ring (bicyclic) bond motifs is 1. The Morgan fingerprint density at radius 2 is 1.57 bits per heavy atom. The first-order valence-electron chi connectivity index (χ1n) is 10.5. The number of rotatable bonds is 10. The maximum absolute atomic E-state index is 14.3. The first kappa shape index (κ1) is 31.0. The molecule has 2 rings (SSSR count). The summed E-state index contributed by atoms with van der Waals surface area (Å²) >= 11 is 0.438. The first-order valence-corrected chi connectivity index (χ1v) is 11.3. The van der Waals surface area contributed by atoms with Gasteiger partial charge in [-0.3, -0.25) is 4.79 Å². The highest BCUT2D eigenvalue weighted by Crippen LogP contribution is 2.58. The molecule has 0 aliphatic heterocycles. The Bertz CT molecular complexity index is 1020. The maximum Gasteiger partial charge on any atom is 0.393 e. The summed E-state index contributed by atoms with van der Waals surface area (Å²) in [6, 6.07) is 0. The van der Waals surface area contributed by atoms with Gasteiger partial charge in [-0.05, 0) is 37.2 Å². The van der Waals surface area contributed by atoms with Crippen molar-refractivity contribution in [2.45, 2.75) is 75.6 Å². The lowest BCUT2D eigenvalue weighted by molar-refractivity contribution is -0.406. The van der Waals surface area contributed by atoms with E-state index in [0.29, 0.717) is 22.6 Å². The van der Waals surface area contributed by atoms with Crippen LogP contribution in [0.25, 0.3) is 0 Å². The molecule has 1 aromatic rings. The van der Waals surface area contributed by atoms with E-state index in [2.05, 4.69) is 0 Å². The summed E-state index contributed by atoms with van der Waals surface area (Å²) < 4.78 is 166. The lowest BCUT2D eigenvalue weighted by Gasteiger charge is -2.38. The van der Waals surface area contributed by atoms with Gasteiger partial charge in [0.2, 0.25) is 0 Å². The fourth-order valence-electron chi connectivity index (χ4n) is 3.39. The fourth-order valence-corrected chi connectivity index (χ4v) is 4.78.